The number of nitrogens with one attached hydrogen (secondary N) is 1. The molecule has 34 heavy (non-hydrogen) atoms. The number of hydrogen-bond donors (Lipinski definition) is 1. The molecule has 1 aliphatic rings. The van der Waals surface area contributed by atoms with Gasteiger partial charge in [-0.1, -0.05) is 24.3 Å². The molecule has 9 heteroatoms. The topological polar surface area (TPSA) is 79.0 Å². The third-order valence-corrected chi connectivity index (χ3v) is 6.02. The first-order valence-corrected chi connectivity index (χ1v) is 10.5. The van der Waals surface area contributed by atoms with E-state index < -0.39 is 41.6 Å². The number of carbonyl (C=O) groups is 3. The number of ether oxygens (including phenoxy) is 1. The molecule has 0 aliphatic carbocycles. The molecule has 0 unspecified atom stereocenters. The second kappa shape index (κ2) is 8.74. The summed E-state index contributed by atoms with van der Waals surface area (Å²) in [6, 6.07) is 13.6. The van der Waals surface area contributed by atoms with Crippen molar-refractivity contribution in [2.45, 2.75) is 19.0 Å². The molecular formula is C25H23F2N3O4. The van der Waals surface area contributed by atoms with E-state index in [4.69, 9.17) is 4.74 Å². The van der Waals surface area contributed by atoms with Gasteiger partial charge in [0.15, 0.2) is 11.6 Å². The van der Waals surface area contributed by atoms with Crippen LogP contribution in [-0.4, -0.2) is 48.3 Å². The van der Waals surface area contributed by atoms with Gasteiger partial charge in [-0.2, -0.15) is 0 Å². The summed E-state index contributed by atoms with van der Waals surface area (Å²) in [5.41, 5.74) is -0.651. The van der Waals surface area contributed by atoms with Gasteiger partial charge in [0.05, 0.1) is 7.11 Å². The smallest absolute Gasteiger partial charge is 0.325 e. The maximum Gasteiger partial charge on any atom is 0.325 e. The average molecular weight is 467 g/mol. The fraction of sp³-hybridized carbons (Fsp3) is 0.240. The minimum Gasteiger partial charge on any atom is -0.497 e. The second-order valence-corrected chi connectivity index (χ2v) is 8.37. The van der Waals surface area contributed by atoms with Crippen LogP contribution in [0.25, 0.3) is 10.8 Å². The van der Waals surface area contributed by atoms with Gasteiger partial charge in [0, 0.05) is 13.6 Å². The number of hydrogen-bond acceptors (Lipinski definition) is 4. The van der Waals surface area contributed by atoms with E-state index in [2.05, 4.69) is 5.32 Å². The zero-order valence-electron chi connectivity index (χ0n) is 18.9. The first-order valence-electron chi connectivity index (χ1n) is 10.5. The van der Waals surface area contributed by atoms with Gasteiger partial charge in [0.25, 0.3) is 5.91 Å². The number of likely N-dealkylation sites (N-methyl/N-ethyl adjacent to an activating group) is 1. The Morgan fingerprint density at radius 1 is 1.03 bits per heavy atom. The molecule has 0 radical (unpaired) electrons. The number of amides is 4. The first kappa shape index (κ1) is 23.2. The summed E-state index contributed by atoms with van der Waals surface area (Å²) >= 11 is 0. The second-order valence-electron chi connectivity index (χ2n) is 8.37. The van der Waals surface area contributed by atoms with Gasteiger partial charge in [0.1, 0.15) is 17.8 Å². The number of urea groups is 1. The van der Waals surface area contributed by atoms with E-state index in [1.807, 2.05) is 36.4 Å². The van der Waals surface area contributed by atoms with E-state index in [1.165, 1.54) is 17.9 Å². The number of halogens is 2. The number of methoxy groups -OCH3 is 1. The molecule has 3 aromatic rings. The zero-order valence-corrected chi connectivity index (χ0v) is 18.9. The molecule has 7 nitrogen and oxygen atoms in total. The summed E-state index contributed by atoms with van der Waals surface area (Å²) in [4.78, 5) is 40.5. The molecule has 4 rings (SSSR count). The summed E-state index contributed by atoms with van der Waals surface area (Å²) < 4.78 is 32.2. The Morgan fingerprint density at radius 3 is 2.44 bits per heavy atom. The number of benzene rings is 3. The lowest BCUT2D eigenvalue weighted by Crippen LogP contribution is -2.43. The lowest BCUT2D eigenvalue weighted by Gasteiger charge is -2.23. The number of rotatable bonds is 6. The van der Waals surface area contributed by atoms with Crippen LogP contribution in [0.2, 0.25) is 0 Å². The van der Waals surface area contributed by atoms with Gasteiger partial charge in [-0.15, -0.1) is 0 Å². The normalized spacial score (nSPS) is 17.7. The van der Waals surface area contributed by atoms with E-state index in [0.717, 1.165) is 39.1 Å². The van der Waals surface area contributed by atoms with Crippen LogP contribution >= 0.6 is 0 Å². The van der Waals surface area contributed by atoms with Gasteiger partial charge >= 0.3 is 6.03 Å². The van der Waals surface area contributed by atoms with Crippen molar-refractivity contribution in [2.75, 3.05) is 20.7 Å². The largest absolute Gasteiger partial charge is 0.497 e. The van der Waals surface area contributed by atoms with Crippen LogP contribution in [0.15, 0.2) is 54.6 Å². The molecular weight excluding hydrogens is 444 g/mol. The molecule has 1 N–H and O–H groups in total. The van der Waals surface area contributed by atoms with Crippen molar-refractivity contribution in [1.29, 1.82) is 0 Å². The Morgan fingerprint density at radius 2 is 1.74 bits per heavy atom. The molecule has 1 fully saturated rings. The van der Waals surface area contributed by atoms with Crippen LogP contribution in [0.5, 0.6) is 5.75 Å². The highest BCUT2D eigenvalue weighted by atomic mass is 19.2. The maximum atomic E-state index is 13.7. The quantitative estimate of drug-likeness (QED) is 0.563. The maximum absolute atomic E-state index is 13.7. The zero-order chi connectivity index (χ0) is 24.6. The van der Waals surface area contributed by atoms with Crippen molar-refractivity contribution in [3.05, 3.63) is 77.4 Å². The highest BCUT2D eigenvalue weighted by molar-refractivity contribution is 6.09. The lowest BCUT2D eigenvalue weighted by atomic mass is 9.92. The Kier molecular flexibility index (Phi) is 5.95. The Hall–Kier alpha value is -4.01. The monoisotopic (exact) mass is 467 g/mol. The van der Waals surface area contributed by atoms with Crippen molar-refractivity contribution in [3.63, 3.8) is 0 Å². The molecule has 0 bridgehead atoms. The molecule has 176 valence electrons. The molecule has 4 amide bonds. The van der Waals surface area contributed by atoms with Crippen LogP contribution in [0.3, 0.4) is 0 Å². The van der Waals surface area contributed by atoms with E-state index in [-0.39, 0.29) is 12.1 Å². The van der Waals surface area contributed by atoms with Crippen molar-refractivity contribution in [1.82, 2.24) is 15.1 Å². The van der Waals surface area contributed by atoms with Gasteiger partial charge in [-0.25, -0.2) is 13.6 Å². The Labute approximate surface area is 194 Å². The van der Waals surface area contributed by atoms with Gasteiger partial charge in [0.2, 0.25) is 5.91 Å². The molecule has 1 heterocycles. The fourth-order valence-corrected chi connectivity index (χ4v) is 3.96. The highest BCUT2D eigenvalue weighted by Gasteiger charge is 2.49. The molecule has 0 aromatic heterocycles. The van der Waals surface area contributed by atoms with Crippen LogP contribution in [-0.2, 0) is 21.7 Å². The summed E-state index contributed by atoms with van der Waals surface area (Å²) in [6.45, 7) is 1.17. The van der Waals surface area contributed by atoms with Crippen molar-refractivity contribution in [2.24, 2.45) is 0 Å². The summed E-state index contributed by atoms with van der Waals surface area (Å²) in [5, 5.41) is 4.46. The minimum atomic E-state index is -1.61. The third-order valence-electron chi connectivity index (χ3n) is 6.02. The molecule has 1 atom stereocenters. The summed E-state index contributed by atoms with van der Waals surface area (Å²) in [5.74, 6) is -2.62. The Bertz CT molecular complexity index is 1310. The molecule has 0 saturated carbocycles. The predicted octanol–water partition coefficient (Wildman–Crippen LogP) is 3.55. The standard InChI is InChI=1S/C25H23F2N3O4/c1-25(18-7-9-20(26)21(27)12-18)23(32)30(24(33)28-25)14-22(31)29(2)13-15-4-5-17-11-19(34-3)8-6-16(17)10-15/h4-12H,13-14H2,1-3H3,(H,28,33)/t25-/m1/s1. The van der Waals surface area contributed by atoms with Crippen LogP contribution in [0.1, 0.15) is 18.1 Å². The number of nitrogens with zero attached hydrogens (tertiary/aromatic N) is 2. The van der Waals surface area contributed by atoms with E-state index in [0.29, 0.717) is 0 Å². The molecule has 3 aromatic carbocycles. The van der Waals surface area contributed by atoms with Crippen molar-refractivity contribution < 1.29 is 27.9 Å². The first-order chi connectivity index (χ1) is 16.1. The van der Waals surface area contributed by atoms with Crippen molar-refractivity contribution in [3.8, 4) is 5.75 Å². The minimum absolute atomic E-state index is 0.0841. The Balaban J connectivity index is 1.46. The number of fused-ring (bicyclic) bond motifs is 1. The summed E-state index contributed by atoms with van der Waals surface area (Å²) in [6.07, 6.45) is 0. The van der Waals surface area contributed by atoms with Crippen LogP contribution in [0.4, 0.5) is 13.6 Å². The number of carbonyl (C=O) groups excluding carboxylic acids is 3. The van der Waals surface area contributed by atoms with Crippen LogP contribution in [0, 0.1) is 11.6 Å². The lowest BCUT2D eigenvalue weighted by molar-refractivity contribution is -0.138. The molecule has 1 aliphatic heterocycles. The highest BCUT2D eigenvalue weighted by Crippen LogP contribution is 2.30. The van der Waals surface area contributed by atoms with Gasteiger partial charge in [-0.3, -0.25) is 14.5 Å². The third kappa shape index (κ3) is 4.16. The van der Waals surface area contributed by atoms with Crippen LogP contribution < -0.4 is 10.1 Å². The van der Waals surface area contributed by atoms with E-state index >= 15 is 0 Å². The average Bonchev–Trinajstić information content (AvgIpc) is 3.04. The molecule has 1 saturated heterocycles. The SMILES string of the molecule is COc1ccc2cc(CN(C)C(=O)CN3C(=O)N[C@](C)(c4ccc(F)c(F)c4)C3=O)ccc2c1. The van der Waals surface area contributed by atoms with Gasteiger partial charge in [-0.05, 0) is 59.2 Å². The summed E-state index contributed by atoms with van der Waals surface area (Å²) in [7, 11) is 3.18. The fourth-order valence-electron chi connectivity index (χ4n) is 3.96. The van der Waals surface area contributed by atoms with E-state index in [1.54, 1.807) is 14.2 Å². The predicted molar refractivity (Wildman–Crippen MR) is 121 cm³/mol. The molecule has 0 spiro atoms. The van der Waals surface area contributed by atoms with E-state index in [9.17, 15) is 23.2 Å². The van der Waals surface area contributed by atoms with Gasteiger partial charge < -0.3 is 15.0 Å². The number of imide groups is 1. The van der Waals surface area contributed by atoms with Crippen molar-refractivity contribution >= 4 is 28.6 Å².